The molecule has 0 saturated heterocycles. The summed E-state index contributed by atoms with van der Waals surface area (Å²) in [4.78, 5) is 16.5. The van der Waals surface area contributed by atoms with Gasteiger partial charge in [-0.15, -0.1) is 0 Å². The summed E-state index contributed by atoms with van der Waals surface area (Å²) >= 11 is 0. The van der Waals surface area contributed by atoms with Crippen LogP contribution in [0.3, 0.4) is 0 Å². The molecule has 0 atom stereocenters. The van der Waals surface area contributed by atoms with Gasteiger partial charge < -0.3 is 15.4 Å². The molecule has 0 aliphatic carbocycles. The van der Waals surface area contributed by atoms with Gasteiger partial charge in [0.1, 0.15) is 17.4 Å². The van der Waals surface area contributed by atoms with Crippen LogP contribution < -0.4 is 15.4 Å². The molecule has 28 heavy (non-hydrogen) atoms. The first kappa shape index (κ1) is 19.4. The number of anilines is 1. The van der Waals surface area contributed by atoms with Gasteiger partial charge in [0.2, 0.25) is 0 Å². The van der Waals surface area contributed by atoms with E-state index >= 15 is 0 Å². The molecule has 144 valence electrons. The summed E-state index contributed by atoms with van der Waals surface area (Å²) in [7, 11) is 1.64. The monoisotopic (exact) mass is 379 g/mol. The van der Waals surface area contributed by atoms with E-state index in [2.05, 4.69) is 15.6 Å². The molecule has 0 aliphatic rings. The lowest BCUT2D eigenvalue weighted by molar-refractivity contribution is 0.0954. The van der Waals surface area contributed by atoms with E-state index in [1.165, 1.54) is 12.1 Å². The molecule has 0 fully saturated rings. The molecule has 0 spiro atoms. The number of benzene rings is 2. The lowest BCUT2D eigenvalue weighted by Gasteiger charge is -2.08. The van der Waals surface area contributed by atoms with Crippen LogP contribution in [0.25, 0.3) is 0 Å². The zero-order chi connectivity index (χ0) is 19.8. The third-order valence-corrected chi connectivity index (χ3v) is 4.27. The Balaban J connectivity index is 1.46. The second-order valence-electron chi connectivity index (χ2n) is 6.27. The molecule has 1 aromatic heterocycles. The highest BCUT2D eigenvalue weighted by atomic mass is 19.1. The topological polar surface area (TPSA) is 63.2 Å². The van der Waals surface area contributed by atoms with Crippen molar-refractivity contribution in [3.8, 4) is 5.75 Å². The number of nitrogens with one attached hydrogen (secondary N) is 2. The van der Waals surface area contributed by atoms with Crippen LogP contribution in [0.4, 0.5) is 10.2 Å². The first-order chi connectivity index (χ1) is 13.6. The Bertz CT molecular complexity index is 895. The van der Waals surface area contributed by atoms with Crippen molar-refractivity contribution in [1.82, 2.24) is 10.3 Å². The molecule has 0 bridgehead atoms. The van der Waals surface area contributed by atoms with Gasteiger partial charge in [-0.3, -0.25) is 4.79 Å². The summed E-state index contributed by atoms with van der Waals surface area (Å²) in [5.74, 6) is 1.06. The van der Waals surface area contributed by atoms with Crippen molar-refractivity contribution < 1.29 is 13.9 Å². The predicted molar refractivity (Wildman–Crippen MR) is 107 cm³/mol. The molecule has 3 rings (SSSR count). The summed E-state index contributed by atoms with van der Waals surface area (Å²) in [6.45, 7) is 1.10. The smallest absolute Gasteiger partial charge is 0.252 e. The summed E-state index contributed by atoms with van der Waals surface area (Å²) in [5, 5.41) is 6.06. The van der Waals surface area contributed by atoms with E-state index < -0.39 is 0 Å². The van der Waals surface area contributed by atoms with Crippen LogP contribution >= 0.6 is 0 Å². The standard InChI is InChI=1S/C22H22FN3O2/c1-28-20-9-4-17(5-10-20)14-25-21-11-6-18(15-26-21)22(27)24-13-12-16-2-7-19(23)8-3-16/h2-11,15H,12-14H2,1H3,(H,24,27)(H,25,26). The van der Waals surface area contributed by atoms with Crippen molar-refractivity contribution in [2.45, 2.75) is 13.0 Å². The van der Waals surface area contributed by atoms with E-state index in [-0.39, 0.29) is 11.7 Å². The number of rotatable bonds is 8. The van der Waals surface area contributed by atoms with E-state index in [0.29, 0.717) is 30.9 Å². The number of aromatic nitrogens is 1. The number of amides is 1. The third kappa shape index (κ3) is 5.54. The number of ether oxygens (including phenoxy) is 1. The molecule has 2 aromatic carbocycles. The number of carbonyl (C=O) groups is 1. The van der Waals surface area contributed by atoms with Gasteiger partial charge in [0.25, 0.3) is 5.91 Å². The number of pyridine rings is 1. The molecule has 0 unspecified atom stereocenters. The second-order valence-corrected chi connectivity index (χ2v) is 6.27. The number of halogens is 1. The summed E-state index contributed by atoms with van der Waals surface area (Å²) in [6, 6.07) is 17.5. The van der Waals surface area contributed by atoms with Gasteiger partial charge in [-0.25, -0.2) is 9.37 Å². The number of nitrogens with zero attached hydrogens (tertiary/aromatic N) is 1. The molecular formula is C22H22FN3O2. The minimum absolute atomic E-state index is 0.184. The molecule has 1 heterocycles. The van der Waals surface area contributed by atoms with Gasteiger partial charge in [-0.05, 0) is 53.9 Å². The van der Waals surface area contributed by atoms with Crippen LogP contribution in [-0.4, -0.2) is 24.5 Å². The van der Waals surface area contributed by atoms with Crippen molar-refractivity contribution in [2.24, 2.45) is 0 Å². The van der Waals surface area contributed by atoms with E-state index in [1.54, 1.807) is 37.6 Å². The summed E-state index contributed by atoms with van der Waals surface area (Å²) in [5.41, 5.74) is 2.57. The molecule has 0 aliphatic heterocycles. The summed E-state index contributed by atoms with van der Waals surface area (Å²) in [6.07, 6.45) is 2.19. The number of hydrogen-bond donors (Lipinski definition) is 2. The van der Waals surface area contributed by atoms with Gasteiger partial charge in [0.15, 0.2) is 0 Å². The molecule has 6 heteroatoms. The van der Waals surface area contributed by atoms with Crippen LogP contribution in [0.15, 0.2) is 66.9 Å². The Labute approximate surface area is 163 Å². The van der Waals surface area contributed by atoms with Crippen molar-refractivity contribution >= 4 is 11.7 Å². The highest BCUT2D eigenvalue weighted by Gasteiger charge is 2.06. The Morgan fingerprint density at radius 3 is 2.36 bits per heavy atom. The maximum Gasteiger partial charge on any atom is 0.252 e. The number of methoxy groups -OCH3 is 1. The minimum atomic E-state index is -0.264. The molecule has 0 radical (unpaired) electrons. The van der Waals surface area contributed by atoms with Crippen molar-refractivity contribution in [2.75, 3.05) is 19.0 Å². The van der Waals surface area contributed by atoms with E-state index in [1.807, 2.05) is 24.3 Å². The largest absolute Gasteiger partial charge is 0.497 e. The summed E-state index contributed by atoms with van der Waals surface area (Å²) < 4.78 is 18.0. The number of hydrogen-bond acceptors (Lipinski definition) is 4. The molecule has 3 aromatic rings. The minimum Gasteiger partial charge on any atom is -0.497 e. The Morgan fingerprint density at radius 2 is 1.71 bits per heavy atom. The molecule has 2 N–H and O–H groups in total. The fourth-order valence-corrected chi connectivity index (χ4v) is 2.64. The molecule has 1 amide bonds. The van der Waals surface area contributed by atoms with E-state index in [4.69, 9.17) is 4.74 Å². The zero-order valence-corrected chi connectivity index (χ0v) is 15.6. The van der Waals surface area contributed by atoms with Crippen LogP contribution in [0, 0.1) is 5.82 Å². The Hall–Kier alpha value is -3.41. The average molecular weight is 379 g/mol. The predicted octanol–water partition coefficient (Wildman–Crippen LogP) is 3.81. The maximum absolute atomic E-state index is 12.9. The molecular weight excluding hydrogens is 357 g/mol. The SMILES string of the molecule is COc1ccc(CNc2ccc(C(=O)NCCc3ccc(F)cc3)cn2)cc1. The Kier molecular flexibility index (Phi) is 6.57. The normalized spacial score (nSPS) is 10.4. The van der Waals surface area contributed by atoms with E-state index in [9.17, 15) is 9.18 Å². The number of carbonyl (C=O) groups excluding carboxylic acids is 1. The van der Waals surface area contributed by atoms with Gasteiger partial charge in [0, 0.05) is 19.3 Å². The fraction of sp³-hybridized carbons (Fsp3) is 0.182. The quantitative estimate of drug-likeness (QED) is 0.625. The first-order valence-electron chi connectivity index (χ1n) is 8.99. The van der Waals surface area contributed by atoms with Gasteiger partial charge in [-0.2, -0.15) is 0 Å². The molecule has 0 saturated carbocycles. The fourth-order valence-electron chi connectivity index (χ4n) is 2.64. The molecule has 5 nitrogen and oxygen atoms in total. The highest BCUT2D eigenvalue weighted by molar-refractivity contribution is 5.94. The van der Waals surface area contributed by atoms with Crippen LogP contribution in [-0.2, 0) is 13.0 Å². The van der Waals surface area contributed by atoms with Gasteiger partial charge >= 0.3 is 0 Å². The van der Waals surface area contributed by atoms with Crippen molar-refractivity contribution in [3.05, 3.63) is 89.4 Å². The first-order valence-corrected chi connectivity index (χ1v) is 8.99. The average Bonchev–Trinajstić information content (AvgIpc) is 2.74. The van der Waals surface area contributed by atoms with Crippen LogP contribution in [0.1, 0.15) is 21.5 Å². The van der Waals surface area contributed by atoms with Gasteiger partial charge in [0.05, 0.1) is 12.7 Å². The van der Waals surface area contributed by atoms with Crippen molar-refractivity contribution in [1.29, 1.82) is 0 Å². The lowest BCUT2D eigenvalue weighted by atomic mass is 10.1. The van der Waals surface area contributed by atoms with Crippen molar-refractivity contribution in [3.63, 3.8) is 0 Å². The Morgan fingerprint density at radius 1 is 1.00 bits per heavy atom. The second kappa shape index (κ2) is 9.50. The van der Waals surface area contributed by atoms with Crippen LogP contribution in [0.2, 0.25) is 0 Å². The maximum atomic E-state index is 12.9. The lowest BCUT2D eigenvalue weighted by Crippen LogP contribution is -2.25. The van der Waals surface area contributed by atoms with Gasteiger partial charge in [-0.1, -0.05) is 24.3 Å². The zero-order valence-electron chi connectivity index (χ0n) is 15.6. The highest BCUT2D eigenvalue weighted by Crippen LogP contribution is 2.13. The van der Waals surface area contributed by atoms with Crippen LogP contribution in [0.5, 0.6) is 5.75 Å². The third-order valence-electron chi connectivity index (χ3n) is 4.27. The van der Waals surface area contributed by atoms with E-state index in [0.717, 1.165) is 16.9 Å².